The van der Waals surface area contributed by atoms with E-state index in [0.29, 0.717) is 6.04 Å². The molecule has 2 nitrogen and oxygen atoms in total. The van der Waals surface area contributed by atoms with E-state index in [0.717, 1.165) is 6.54 Å². The molecule has 0 unspecified atom stereocenters. The van der Waals surface area contributed by atoms with E-state index < -0.39 is 0 Å². The third kappa shape index (κ3) is 3.49. The second-order valence-electron chi connectivity index (χ2n) is 3.27. The topological polar surface area (TPSA) is 24.7 Å². The lowest BCUT2D eigenvalue weighted by Gasteiger charge is -1.97. The minimum Gasteiger partial charge on any atom is -0.194 e. The van der Waals surface area contributed by atoms with Gasteiger partial charge in [-0.15, -0.1) is 0 Å². The van der Waals surface area contributed by atoms with Crippen molar-refractivity contribution in [2.45, 2.75) is 51.5 Å². The van der Waals surface area contributed by atoms with Gasteiger partial charge in [-0.25, -0.2) is 0 Å². The summed E-state index contributed by atoms with van der Waals surface area (Å²) >= 11 is 0. The number of unbranched alkanes of at least 4 members (excludes halogenated alkanes) is 1. The summed E-state index contributed by atoms with van der Waals surface area (Å²) in [5.74, 6) is 0. The van der Waals surface area contributed by atoms with Crippen molar-refractivity contribution in [2.24, 2.45) is 10.2 Å². The van der Waals surface area contributed by atoms with Crippen molar-refractivity contribution in [1.29, 1.82) is 0 Å². The second kappa shape index (κ2) is 5.28. The summed E-state index contributed by atoms with van der Waals surface area (Å²) in [7, 11) is 0. The van der Waals surface area contributed by atoms with Crippen LogP contribution in [0.25, 0.3) is 0 Å². The van der Waals surface area contributed by atoms with Gasteiger partial charge in [-0.05, 0) is 19.3 Å². The molecule has 1 saturated carbocycles. The Morgan fingerprint density at radius 3 is 2.64 bits per heavy atom. The van der Waals surface area contributed by atoms with Gasteiger partial charge in [0.05, 0.1) is 12.6 Å². The molecule has 0 spiro atoms. The molecule has 0 aliphatic heterocycles. The minimum absolute atomic E-state index is 0.576. The van der Waals surface area contributed by atoms with Gasteiger partial charge in [0.25, 0.3) is 0 Å². The highest BCUT2D eigenvalue weighted by atomic mass is 15.1. The van der Waals surface area contributed by atoms with Crippen LogP contribution in [0.4, 0.5) is 0 Å². The highest BCUT2D eigenvalue weighted by Gasteiger charge is 2.12. The summed E-state index contributed by atoms with van der Waals surface area (Å²) in [6.45, 7) is 3.12. The highest BCUT2D eigenvalue weighted by molar-refractivity contribution is 4.71. The molecule has 11 heavy (non-hydrogen) atoms. The fraction of sp³-hybridized carbons (Fsp3) is 1.00. The molecule has 0 bridgehead atoms. The molecule has 0 aromatic heterocycles. The summed E-state index contributed by atoms with van der Waals surface area (Å²) in [5.41, 5.74) is 0. The standard InChI is InChI=1S/C9H18N2/c1-2-3-8-10-11-9-6-4-5-7-9/h9H,2-8H2,1H3. The number of rotatable bonds is 4. The molecule has 0 radical (unpaired) electrons. The monoisotopic (exact) mass is 154 g/mol. The van der Waals surface area contributed by atoms with Crippen LogP contribution < -0.4 is 0 Å². The lowest BCUT2D eigenvalue weighted by molar-refractivity contribution is 0.636. The first-order chi connectivity index (χ1) is 5.43. The zero-order valence-electron chi connectivity index (χ0n) is 7.42. The van der Waals surface area contributed by atoms with Gasteiger partial charge in [-0.1, -0.05) is 26.2 Å². The zero-order chi connectivity index (χ0) is 7.94. The van der Waals surface area contributed by atoms with E-state index in [1.807, 2.05) is 0 Å². The Bertz CT molecular complexity index is 115. The summed E-state index contributed by atoms with van der Waals surface area (Å²) < 4.78 is 0. The predicted octanol–water partition coefficient (Wildman–Crippen LogP) is 3.18. The van der Waals surface area contributed by atoms with Crippen molar-refractivity contribution >= 4 is 0 Å². The molecular formula is C9H18N2. The molecule has 2 heteroatoms. The molecular weight excluding hydrogens is 136 g/mol. The van der Waals surface area contributed by atoms with Gasteiger partial charge in [0.15, 0.2) is 0 Å². The lowest BCUT2D eigenvalue weighted by atomic mass is 10.3. The average Bonchev–Trinajstić information content (AvgIpc) is 2.50. The van der Waals surface area contributed by atoms with Crippen LogP contribution in [0.3, 0.4) is 0 Å². The maximum atomic E-state index is 4.29. The SMILES string of the molecule is CCCCN=NC1CCCC1. The molecule has 1 aliphatic carbocycles. The van der Waals surface area contributed by atoms with Gasteiger partial charge in [0, 0.05) is 0 Å². The highest BCUT2D eigenvalue weighted by Crippen LogP contribution is 2.20. The van der Waals surface area contributed by atoms with Gasteiger partial charge < -0.3 is 0 Å². The van der Waals surface area contributed by atoms with E-state index in [-0.39, 0.29) is 0 Å². The number of hydrogen-bond donors (Lipinski definition) is 0. The largest absolute Gasteiger partial charge is 0.194 e. The van der Waals surface area contributed by atoms with Crippen LogP contribution in [0.2, 0.25) is 0 Å². The Kier molecular flexibility index (Phi) is 4.17. The third-order valence-corrected chi connectivity index (χ3v) is 2.18. The molecule has 1 aliphatic rings. The van der Waals surface area contributed by atoms with Gasteiger partial charge in [-0.3, -0.25) is 0 Å². The Morgan fingerprint density at radius 2 is 2.00 bits per heavy atom. The van der Waals surface area contributed by atoms with Crippen molar-refractivity contribution in [2.75, 3.05) is 6.54 Å². The number of azo groups is 1. The fourth-order valence-electron chi connectivity index (χ4n) is 1.42. The van der Waals surface area contributed by atoms with Gasteiger partial charge in [-0.2, -0.15) is 10.2 Å². The molecule has 1 fully saturated rings. The first-order valence-corrected chi connectivity index (χ1v) is 4.80. The fourth-order valence-corrected chi connectivity index (χ4v) is 1.42. The predicted molar refractivity (Wildman–Crippen MR) is 46.9 cm³/mol. The molecule has 0 aromatic carbocycles. The van der Waals surface area contributed by atoms with Crippen LogP contribution >= 0.6 is 0 Å². The Labute approximate surface area is 69.1 Å². The quantitative estimate of drug-likeness (QED) is 0.439. The van der Waals surface area contributed by atoms with Crippen molar-refractivity contribution in [1.82, 2.24) is 0 Å². The molecule has 0 aromatic rings. The van der Waals surface area contributed by atoms with E-state index in [4.69, 9.17) is 0 Å². The average molecular weight is 154 g/mol. The van der Waals surface area contributed by atoms with Crippen LogP contribution in [0, 0.1) is 0 Å². The molecule has 64 valence electrons. The first kappa shape index (κ1) is 8.69. The molecule has 0 atom stereocenters. The Balaban J connectivity index is 2.03. The molecule has 1 rings (SSSR count). The maximum Gasteiger partial charge on any atom is 0.0708 e. The van der Waals surface area contributed by atoms with E-state index in [1.165, 1.54) is 38.5 Å². The van der Waals surface area contributed by atoms with E-state index in [1.54, 1.807) is 0 Å². The Morgan fingerprint density at radius 1 is 1.27 bits per heavy atom. The van der Waals surface area contributed by atoms with Crippen molar-refractivity contribution in [3.8, 4) is 0 Å². The van der Waals surface area contributed by atoms with Crippen molar-refractivity contribution in [3.63, 3.8) is 0 Å². The number of hydrogen-bond acceptors (Lipinski definition) is 2. The lowest BCUT2D eigenvalue weighted by Crippen LogP contribution is -1.94. The number of nitrogens with zero attached hydrogens (tertiary/aromatic N) is 2. The van der Waals surface area contributed by atoms with Gasteiger partial charge in [0.2, 0.25) is 0 Å². The summed E-state index contributed by atoms with van der Waals surface area (Å²) in [5, 5.41) is 8.45. The molecule has 0 saturated heterocycles. The van der Waals surface area contributed by atoms with Crippen molar-refractivity contribution < 1.29 is 0 Å². The molecule has 0 heterocycles. The van der Waals surface area contributed by atoms with E-state index >= 15 is 0 Å². The Hall–Kier alpha value is -0.400. The van der Waals surface area contributed by atoms with Crippen LogP contribution in [0.1, 0.15) is 45.4 Å². The summed E-state index contributed by atoms with van der Waals surface area (Å²) in [6, 6.07) is 0.576. The first-order valence-electron chi connectivity index (χ1n) is 4.80. The van der Waals surface area contributed by atoms with Crippen LogP contribution in [-0.2, 0) is 0 Å². The molecule has 0 amide bonds. The van der Waals surface area contributed by atoms with Gasteiger partial charge in [0.1, 0.15) is 0 Å². The maximum absolute atomic E-state index is 4.29. The van der Waals surface area contributed by atoms with Crippen LogP contribution in [0.15, 0.2) is 10.2 Å². The summed E-state index contributed by atoms with van der Waals surface area (Å²) in [6.07, 6.45) is 7.68. The van der Waals surface area contributed by atoms with E-state index in [9.17, 15) is 0 Å². The summed E-state index contributed by atoms with van der Waals surface area (Å²) in [4.78, 5) is 0. The normalized spacial score (nSPS) is 20.1. The van der Waals surface area contributed by atoms with Crippen molar-refractivity contribution in [3.05, 3.63) is 0 Å². The van der Waals surface area contributed by atoms with E-state index in [2.05, 4.69) is 17.2 Å². The second-order valence-corrected chi connectivity index (χ2v) is 3.27. The third-order valence-electron chi connectivity index (χ3n) is 2.18. The van der Waals surface area contributed by atoms with Crippen LogP contribution in [0.5, 0.6) is 0 Å². The van der Waals surface area contributed by atoms with Crippen LogP contribution in [-0.4, -0.2) is 12.6 Å². The zero-order valence-corrected chi connectivity index (χ0v) is 7.42. The van der Waals surface area contributed by atoms with Gasteiger partial charge >= 0.3 is 0 Å². The smallest absolute Gasteiger partial charge is 0.0708 e. The minimum atomic E-state index is 0.576. The molecule has 0 N–H and O–H groups in total.